The second-order valence-corrected chi connectivity index (χ2v) is 9.41. The highest BCUT2D eigenvalue weighted by Crippen LogP contribution is 2.40. The molecule has 2 aromatic heterocycles. The predicted octanol–water partition coefficient (Wildman–Crippen LogP) is 4.82. The average Bonchev–Trinajstić information content (AvgIpc) is 3.09. The van der Waals surface area contributed by atoms with Gasteiger partial charge in [-0.15, -0.1) is 23.1 Å². The highest BCUT2D eigenvalue weighted by molar-refractivity contribution is 8.00. The summed E-state index contributed by atoms with van der Waals surface area (Å²) in [6.07, 6.45) is 0. The van der Waals surface area contributed by atoms with Crippen molar-refractivity contribution in [1.82, 2.24) is 9.55 Å². The van der Waals surface area contributed by atoms with E-state index in [2.05, 4.69) is 47.7 Å². The van der Waals surface area contributed by atoms with E-state index in [9.17, 15) is 4.79 Å². The number of aryl methyl sites for hydroxylation is 3. The zero-order chi connectivity index (χ0) is 16.8. The monoisotopic (exact) mass is 374 g/mol. The van der Waals surface area contributed by atoms with Crippen LogP contribution in [-0.4, -0.2) is 21.1 Å². The lowest BCUT2D eigenvalue weighted by Crippen LogP contribution is -2.16. The molecule has 1 aliphatic rings. The molecular formula is C18H18N2OS3. The summed E-state index contributed by atoms with van der Waals surface area (Å²) in [6.45, 7) is 6.23. The van der Waals surface area contributed by atoms with Crippen LogP contribution >= 0.6 is 34.9 Å². The minimum atomic E-state index is -0.0718. The summed E-state index contributed by atoms with van der Waals surface area (Å²) in [5, 5.41) is 1.69. The van der Waals surface area contributed by atoms with Gasteiger partial charge in [-0.25, -0.2) is 0 Å². The van der Waals surface area contributed by atoms with E-state index in [0.29, 0.717) is 6.04 Å². The van der Waals surface area contributed by atoms with Crippen LogP contribution in [0.4, 0.5) is 0 Å². The maximum Gasteiger partial charge on any atom is 0.282 e. The van der Waals surface area contributed by atoms with Crippen molar-refractivity contribution >= 4 is 45.1 Å². The molecule has 24 heavy (non-hydrogen) atoms. The van der Waals surface area contributed by atoms with Gasteiger partial charge < -0.3 is 4.57 Å². The lowest BCUT2D eigenvalue weighted by atomic mass is 10.2. The molecule has 3 aromatic rings. The molecule has 0 fully saturated rings. The molecule has 1 unspecified atom stereocenters. The largest absolute Gasteiger partial charge is 0.307 e. The minimum Gasteiger partial charge on any atom is -0.307 e. The number of nitrogens with zero attached hydrogens (tertiary/aromatic N) is 2. The third kappa shape index (κ3) is 2.70. The highest BCUT2D eigenvalue weighted by atomic mass is 32.2. The van der Waals surface area contributed by atoms with Crippen molar-refractivity contribution in [3.05, 3.63) is 50.6 Å². The topological polar surface area (TPSA) is 34.9 Å². The number of thiophene rings is 1. The Morgan fingerprint density at radius 2 is 2.00 bits per heavy atom. The fourth-order valence-corrected chi connectivity index (χ4v) is 6.48. The van der Waals surface area contributed by atoms with Crippen molar-refractivity contribution < 1.29 is 0 Å². The standard InChI is InChI=1S/C18H18N2OS3/c1-10-4-6-14(7-5-10)22-8-13-9-23-18-19-16(21)15-11(2)12(3)24-17(15)20(13)18/h4-7,13H,8-9H2,1-3H3. The van der Waals surface area contributed by atoms with Crippen molar-refractivity contribution in [3.63, 3.8) is 0 Å². The zero-order valence-corrected chi connectivity index (χ0v) is 16.3. The third-order valence-corrected chi connectivity index (χ3v) is 7.90. The lowest BCUT2D eigenvalue weighted by Gasteiger charge is -2.14. The van der Waals surface area contributed by atoms with Crippen LogP contribution in [0.5, 0.6) is 0 Å². The van der Waals surface area contributed by atoms with Gasteiger partial charge in [0.25, 0.3) is 5.56 Å². The Balaban J connectivity index is 1.69. The molecule has 0 amide bonds. The molecule has 6 heteroatoms. The predicted molar refractivity (Wildman–Crippen MR) is 105 cm³/mol. The van der Waals surface area contributed by atoms with E-state index in [-0.39, 0.29) is 5.56 Å². The van der Waals surface area contributed by atoms with Gasteiger partial charge in [-0.2, -0.15) is 4.98 Å². The van der Waals surface area contributed by atoms with Gasteiger partial charge >= 0.3 is 0 Å². The minimum absolute atomic E-state index is 0.0718. The van der Waals surface area contributed by atoms with E-state index in [1.807, 2.05) is 18.7 Å². The van der Waals surface area contributed by atoms with Gasteiger partial charge in [0, 0.05) is 21.3 Å². The fourth-order valence-electron chi connectivity index (χ4n) is 2.93. The molecule has 3 nitrogen and oxygen atoms in total. The summed E-state index contributed by atoms with van der Waals surface area (Å²) in [6, 6.07) is 9.05. The van der Waals surface area contributed by atoms with Crippen LogP contribution < -0.4 is 5.56 Å². The molecule has 0 radical (unpaired) electrons. The molecule has 0 saturated carbocycles. The normalized spacial score (nSPS) is 16.7. The molecule has 3 heterocycles. The number of hydrogen-bond acceptors (Lipinski definition) is 5. The van der Waals surface area contributed by atoms with Crippen LogP contribution in [0.1, 0.15) is 22.0 Å². The van der Waals surface area contributed by atoms with Crippen molar-refractivity contribution in [2.24, 2.45) is 0 Å². The van der Waals surface area contributed by atoms with Gasteiger partial charge in [0.1, 0.15) is 4.83 Å². The van der Waals surface area contributed by atoms with Gasteiger partial charge in [0.2, 0.25) is 0 Å². The number of rotatable bonds is 3. The first-order chi connectivity index (χ1) is 11.5. The highest BCUT2D eigenvalue weighted by Gasteiger charge is 2.28. The van der Waals surface area contributed by atoms with Gasteiger partial charge in [-0.05, 0) is 38.5 Å². The van der Waals surface area contributed by atoms with Gasteiger partial charge in [-0.1, -0.05) is 29.5 Å². The molecule has 1 aliphatic heterocycles. The summed E-state index contributed by atoms with van der Waals surface area (Å²) < 4.78 is 2.30. The molecular weight excluding hydrogens is 356 g/mol. The Bertz CT molecular complexity index is 973. The molecule has 1 atom stereocenters. The van der Waals surface area contributed by atoms with Crippen LogP contribution in [-0.2, 0) is 0 Å². The SMILES string of the molecule is Cc1ccc(SCC2CSc3nc(=O)c4c(C)c(C)sc4n32)cc1. The van der Waals surface area contributed by atoms with Crippen LogP contribution in [0.25, 0.3) is 10.2 Å². The molecule has 1 aromatic carbocycles. The van der Waals surface area contributed by atoms with E-state index >= 15 is 0 Å². The fraction of sp³-hybridized carbons (Fsp3) is 0.333. The molecule has 0 saturated heterocycles. The van der Waals surface area contributed by atoms with Gasteiger partial charge in [0.05, 0.1) is 11.4 Å². The maximum atomic E-state index is 12.4. The van der Waals surface area contributed by atoms with E-state index in [1.54, 1.807) is 23.1 Å². The Kier molecular flexibility index (Phi) is 4.22. The number of benzene rings is 1. The number of hydrogen-bond donors (Lipinski definition) is 0. The average molecular weight is 375 g/mol. The summed E-state index contributed by atoms with van der Waals surface area (Å²) in [5.41, 5.74) is 2.30. The van der Waals surface area contributed by atoms with E-state index in [4.69, 9.17) is 0 Å². The summed E-state index contributed by atoms with van der Waals surface area (Å²) in [7, 11) is 0. The Morgan fingerprint density at radius 1 is 1.25 bits per heavy atom. The van der Waals surface area contributed by atoms with Crippen LogP contribution in [0.2, 0.25) is 0 Å². The molecule has 0 N–H and O–H groups in total. The van der Waals surface area contributed by atoms with Gasteiger partial charge in [0.15, 0.2) is 5.16 Å². The molecule has 0 bridgehead atoms. The first-order valence-corrected chi connectivity index (χ1v) is 10.7. The first-order valence-electron chi connectivity index (χ1n) is 7.89. The second-order valence-electron chi connectivity index (χ2n) is 6.12. The van der Waals surface area contributed by atoms with E-state index in [1.165, 1.54) is 15.3 Å². The second kappa shape index (κ2) is 6.24. The van der Waals surface area contributed by atoms with Crippen LogP contribution in [0.3, 0.4) is 0 Å². The van der Waals surface area contributed by atoms with Crippen molar-refractivity contribution in [2.45, 2.75) is 36.9 Å². The van der Waals surface area contributed by atoms with Crippen LogP contribution in [0.15, 0.2) is 39.1 Å². The van der Waals surface area contributed by atoms with E-state index < -0.39 is 0 Å². The van der Waals surface area contributed by atoms with Crippen molar-refractivity contribution in [3.8, 4) is 0 Å². The molecule has 0 aliphatic carbocycles. The van der Waals surface area contributed by atoms with Gasteiger partial charge in [-0.3, -0.25) is 4.79 Å². The van der Waals surface area contributed by atoms with Crippen LogP contribution in [0, 0.1) is 20.8 Å². The summed E-state index contributed by atoms with van der Waals surface area (Å²) in [5.74, 6) is 1.99. The maximum absolute atomic E-state index is 12.4. The smallest absolute Gasteiger partial charge is 0.282 e. The summed E-state index contributed by atoms with van der Waals surface area (Å²) in [4.78, 5) is 20.3. The Labute approximate surface area is 153 Å². The lowest BCUT2D eigenvalue weighted by molar-refractivity contribution is 0.595. The molecule has 0 spiro atoms. The Morgan fingerprint density at radius 3 is 2.75 bits per heavy atom. The zero-order valence-electron chi connectivity index (χ0n) is 13.8. The first kappa shape index (κ1) is 16.2. The summed E-state index contributed by atoms with van der Waals surface area (Å²) >= 11 is 5.31. The molecule has 124 valence electrons. The van der Waals surface area contributed by atoms with Crippen molar-refractivity contribution in [1.29, 1.82) is 0 Å². The van der Waals surface area contributed by atoms with E-state index in [0.717, 1.165) is 32.4 Å². The quantitative estimate of drug-likeness (QED) is 0.486. The van der Waals surface area contributed by atoms with Crippen molar-refractivity contribution in [2.75, 3.05) is 11.5 Å². The number of aromatic nitrogens is 2. The number of thioether (sulfide) groups is 2. The molecule has 4 rings (SSSR count). The third-order valence-electron chi connectivity index (χ3n) is 4.44. The Hall–Kier alpha value is -1.24. The number of fused-ring (bicyclic) bond motifs is 3.